The summed E-state index contributed by atoms with van der Waals surface area (Å²) in [5.74, 6) is 0.0734. The molecule has 25 heavy (non-hydrogen) atoms. The zero-order valence-corrected chi connectivity index (χ0v) is 14.0. The van der Waals surface area contributed by atoms with Crippen LogP contribution >= 0.6 is 0 Å². The van der Waals surface area contributed by atoms with Crippen molar-refractivity contribution in [1.29, 1.82) is 0 Å². The van der Waals surface area contributed by atoms with Crippen molar-refractivity contribution in [3.05, 3.63) is 71.9 Å². The van der Waals surface area contributed by atoms with Gasteiger partial charge in [0.2, 0.25) is 5.88 Å². The monoisotopic (exact) mass is 336 g/mol. The van der Waals surface area contributed by atoms with Crippen molar-refractivity contribution in [1.82, 2.24) is 10.3 Å². The van der Waals surface area contributed by atoms with Crippen LogP contribution in [0.5, 0.6) is 5.88 Å². The molecule has 1 aromatic heterocycles. The SMILES string of the molecule is COc1nc(C(=O)NCC(O)Cc2ccccc2)cc2ccccc12. The summed E-state index contributed by atoms with van der Waals surface area (Å²) in [6.07, 6.45) is -0.177. The minimum atomic E-state index is -0.659. The molecule has 0 saturated carbocycles. The summed E-state index contributed by atoms with van der Waals surface area (Å²) in [7, 11) is 1.53. The fraction of sp³-hybridized carbons (Fsp3) is 0.200. The van der Waals surface area contributed by atoms with Gasteiger partial charge in [0.15, 0.2) is 0 Å². The average molecular weight is 336 g/mol. The van der Waals surface area contributed by atoms with E-state index in [2.05, 4.69) is 10.3 Å². The summed E-state index contributed by atoms with van der Waals surface area (Å²) in [5.41, 5.74) is 1.29. The number of aromatic nitrogens is 1. The first-order valence-corrected chi connectivity index (χ1v) is 8.11. The summed E-state index contributed by atoms with van der Waals surface area (Å²) in [6.45, 7) is 0.157. The van der Waals surface area contributed by atoms with E-state index >= 15 is 0 Å². The molecule has 5 nitrogen and oxygen atoms in total. The maximum absolute atomic E-state index is 12.4. The van der Waals surface area contributed by atoms with Crippen LogP contribution in [0.15, 0.2) is 60.7 Å². The van der Waals surface area contributed by atoms with Gasteiger partial charge in [-0.25, -0.2) is 4.98 Å². The molecular formula is C20H20N2O3. The zero-order valence-electron chi connectivity index (χ0n) is 14.0. The fourth-order valence-electron chi connectivity index (χ4n) is 2.70. The number of aliphatic hydroxyl groups is 1. The summed E-state index contributed by atoms with van der Waals surface area (Å²) >= 11 is 0. The molecule has 1 atom stereocenters. The maximum Gasteiger partial charge on any atom is 0.270 e. The topological polar surface area (TPSA) is 71.5 Å². The quantitative estimate of drug-likeness (QED) is 0.726. The maximum atomic E-state index is 12.4. The summed E-state index contributed by atoms with van der Waals surface area (Å²) in [5, 5.41) is 14.6. The molecule has 0 spiro atoms. The van der Waals surface area contributed by atoms with Gasteiger partial charge in [0.05, 0.1) is 13.2 Å². The molecule has 0 saturated heterocycles. The molecule has 2 aromatic carbocycles. The predicted octanol–water partition coefficient (Wildman–Crippen LogP) is 2.58. The van der Waals surface area contributed by atoms with E-state index in [9.17, 15) is 9.90 Å². The first-order valence-electron chi connectivity index (χ1n) is 8.11. The van der Waals surface area contributed by atoms with Crippen LogP contribution in [0.4, 0.5) is 0 Å². The van der Waals surface area contributed by atoms with Gasteiger partial charge in [0.25, 0.3) is 5.91 Å². The molecule has 5 heteroatoms. The predicted molar refractivity (Wildman–Crippen MR) is 96.8 cm³/mol. The van der Waals surface area contributed by atoms with Crippen LogP contribution in [-0.2, 0) is 6.42 Å². The van der Waals surface area contributed by atoms with E-state index in [1.807, 2.05) is 54.6 Å². The Morgan fingerprint density at radius 1 is 1.16 bits per heavy atom. The number of methoxy groups -OCH3 is 1. The van der Waals surface area contributed by atoms with Crippen LogP contribution in [0.2, 0.25) is 0 Å². The number of carbonyl (C=O) groups is 1. The Kier molecular flexibility index (Phi) is 5.26. The molecule has 3 aromatic rings. The molecule has 0 bridgehead atoms. The van der Waals surface area contributed by atoms with Crippen LogP contribution in [0, 0.1) is 0 Å². The number of rotatable bonds is 6. The molecule has 2 N–H and O–H groups in total. The Balaban J connectivity index is 1.68. The van der Waals surface area contributed by atoms with E-state index in [1.165, 1.54) is 7.11 Å². The molecular weight excluding hydrogens is 316 g/mol. The number of hydrogen-bond acceptors (Lipinski definition) is 4. The molecule has 1 amide bonds. The van der Waals surface area contributed by atoms with Gasteiger partial charge in [-0.3, -0.25) is 4.79 Å². The minimum absolute atomic E-state index is 0.157. The summed E-state index contributed by atoms with van der Waals surface area (Å²) < 4.78 is 5.28. The van der Waals surface area contributed by atoms with E-state index < -0.39 is 6.10 Å². The highest BCUT2D eigenvalue weighted by atomic mass is 16.5. The number of benzene rings is 2. The number of pyridine rings is 1. The Bertz CT molecular complexity index is 865. The third-order valence-electron chi connectivity index (χ3n) is 3.94. The Morgan fingerprint density at radius 2 is 1.88 bits per heavy atom. The lowest BCUT2D eigenvalue weighted by molar-refractivity contribution is 0.0910. The smallest absolute Gasteiger partial charge is 0.270 e. The van der Waals surface area contributed by atoms with E-state index in [1.54, 1.807) is 6.07 Å². The van der Waals surface area contributed by atoms with E-state index in [0.717, 1.165) is 16.3 Å². The molecule has 1 heterocycles. The van der Waals surface area contributed by atoms with E-state index in [0.29, 0.717) is 12.3 Å². The number of fused-ring (bicyclic) bond motifs is 1. The molecule has 0 aliphatic rings. The van der Waals surface area contributed by atoms with Crippen molar-refractivity contribution in [2.24, 2.45) is 0 Å². The molecule has 128 valence electrons. The van der Waals surface area contributed by atoms with Crippen molar-refractivity contribution < 1.29 is 14.6 Å². The lowest BCUT2D eigenvalue weighted by Crippen LogP contribution is -2.33. The molecule has 0 aliphatic heterocycles. The molecule has 1 unspecified atom stereocenters. The summed E-state index contributed by atoms with van der Waals surface area (Å²) in [4.78, 5) is 16.6. The highest BCUT2D eigenvalue weighted by Gasteiger charge is 2.14. The molecule has 0 aliphatic carbocycles. The molecule has 0 radical (unpaired) electrons. The highest BCUT2D eigenvalue weighted by Crippen LogP contribution is 2.24. The molecule has 3 rings (SSSR count). The van der Waals surface area contributed by atoms with Crippen molar-refractivity contribution in [3.8, 4) is 5.88 Å². The van der Waals surface area contributed by atoms with Gasteiger partial charge in [-0.15, -0.1) is 0 Å². The Labute approximate surface area is 146 Å². The number of aliphatic hydroxyl groups excluding tert-OH is 1. The lowest BCUT2D eigenvalue weighted by Gasteiger charge is -2.13. The van der Waals surface area contributed by atoms with Gasteiger partial charge in [-0.2, -0.15) is 0 Å². The van der Waals surface area contributed by atoms with Crippen LogP contribution < -0.4 is 10.1 Å². The third kappa shape index (κ3) is 4.14. The zero-order chi connectivity index (χ0) is 17.6. The third-order valence-corrected chi connectivity index (χ3v) is 3.94. The van der Waals surface area contributed by atoms with E-state index in [4.69, 9.17) is 4.74 Å². The first kappa shape index (κ1) is 16.9. The normalized spacial score (nSPS) is 11.9. The number of ether oxygens (including phenoxy) is 1. The van der Waals surface area contributed by atoms with Gasteiger partial charge < -0.3 is 15.2 Å². The Morgan fingerprint density at radius 3 is 2.64 bits per heavy atom. The molecule has 0 fully saturated rings. The second kappa shape index (κ2) is 7.77. The number of hydrogen-bond donors (Lipinski definition) is 2. The van der Waals surface area contributed by atoms with Crippen molar-refractivity contribution in [3.63, 3.8) is 0 Å². The highest BCUT2D eigenvalue weighted by molar-refractivity contribution is 5.98. The largest absolute Gasteiger partial charge is 0.481 e. The van der Waals surface area contributed by atoms with Crippen molar-refractivity contribution >= 4 is 16.7 Å². The second-order valence-corrected chi connectivity index (χ2v) is 5.79. The lowest BCUT2D eigenvalue weighted by atomic mass is 10.1. The summed E-state index contributed by atoms with van der Waals surface area (Å²) in [6, 6.07) is 19.0. The van der Waals surface area contributed by atoms with Crippen LogP contribution in [0.25, 0.3) is 10.8 Å². The van der Waals surface area contributed by atoms with Crippen molar-refractivity contribution in [2.75, 3.05) is 13.7 Å². The average Bonchev–Trinajstić information content (AvgIpc) is 2.66. The van der Waals surface area contributed by atoms with Crippen molar-refractivity contribution in [2.45, 2.75) is 12.5 Å². The number of carbonyl (C=O) groups excluding carboxylic acids is 1. The van der Waals surface area contributed by atoms with Gasteiger partial charge >= 0.3 is 0 Å². The number of nitrogens with one attached hydrogen (secondary N) is 1. The first-order chi connectivity index (χ1) is 12.2. The van der Waals surface area contributed by atoms with Gasteiger partial charge in [0, 0.05) is 18.4 Å². The number of nitrogens with zero attached hydrogens (tertiary/aromatic N) is 1. The van der Waals surface area contributed by atoms with Crippen LogP contribution in [0.3, 0.4) is 0 Å². The van der Waals surface area contributed by atoms with Gasteiger partial charge in [-0.05, 0) is 23.1 Å². The van der Waals surface area contributed by atoms with Crippen LogP contribution in [0.1, 0.15) is 16.1 Å². The van der Waals surface area contributed by atoms with Gasteiger partial charge in [-0.1, -0.05) is 48.5 Å². The van der Waals surface area contributed by atoms with Crippen LogP contribution in [-0.4, -0.2) is 35.8 Å². The minimum Gasteiger partial charge on any atom is -0.481 e. The Hall–Kier alpha value is -2.92. The number of amides is 1. The fourth-order valence-corrected chi connectivity index (χ4v) is 2.70. The standard InChI is InChI=1S/C20H20N2O3/c1-25-20-17-10-6-5-9-15(17)12-18(22-20)19(24)21-13-16(23)11-14-7-3-2-4-8-14/h2-10,12,16,23H,11,13H2,1H3,(H,21,24). The second-order valence-electron chi connectivity index (χ2n) is 5.79. The van der Waals surface area contributed by atoms with E-state index in [-0.39, 0.29) is 18.1 Å². The van der Waals surface area contributed by atoms with Gasteiger partial charge in [0.1, 0.15) is 5.69 Å².